The average molecular weight is 364 g/mol. The van der Waals surface area contributed by atoms with Crippen molar-refractivity contribution < 1.29 is 9.53 Å². The molecule has 0 atom stereocenters. The molecule has 0 aliphatic carbocycles. The van der Waals surface area contributed by atoms with Gasteiger partial charge in [0, 0.05) is 11.1 Å². The van der Waals surface area contributed by atoms with Crippen LogP contribution in [0, 0.1) is 0 Å². The Balaban J connectivity index is 1.66. The molecule has 0 fully saturated rings. The van der Waals surface area contributed by atoms with Crippen molar-refractivity contribution >= 4 is 29.3 Å². The van der Waals surface area contributed by atoms with Gasteiger partial charge < -0.3 is 10.1 Å². The molecule has 0 aliphatic rings. The number of amides is 1. The Bertz CT molecular complexity index is 907. The fraction of sp³-hybridized carbons (Fsp3) is 0.0455. The monoisotopic (exact) mass is 363 g/mol. The van der Waals surface area contributed by atoms with Crippen LogP contribution in [-0.2, 0) is 11.4 Å². The topological polar surface area (TPSA) is 38.3 Å². The van der Waals surface area contributed by atoms with E-state index in [2.05, 4.69) is 5.32 Å². The highest BCUT2D eigenvalue weighted by Gasteiger charge is 2.06. The Labute approximate surface area is 157 Å². The highest BCUT2D eigenvalue weighted by molar-refractivity contribution is 6.32. The Hall–Kier alpha value is -3.04. The summed E-state index contributed by atoms with van der Waals surface area (Å²) in [5.41, 5.74) is 2.47. The summed E-state index contributed by atoms with van der Waals surface area (Å²) < 4.78 is 5.85. The van der Waals surface area contributed by atoms with Gasteiger partial charge in [-0.3, -0.25) is 4.79 Å². The van der Waals surface area contributed by atoms with Crippen LogP contribution in [0.3, 0.4) is 0 Å². The number of hydrogen-bond acceptors (Lipinski definition) is 2. The second kappa shape index (κ2) is 8.88. The first-order chi connectivity index (χ1) is 12.7. The molecule has 3 rings (SSSR count). The fourth-order valence-electron chi connectivity index (χ4n) is 2.38. The summed E-state index contributed by atoms with van der Waals surface area (Å²) in [6, 6.07) is 24.6. The van der Waals surface area contributed by atoms with Crippen molar-refractivity contribution in [3.8, 4) is 5.75 Å². The number of hydrogen-bond donors (Lipinski definition) is 1. The molecule has 3 aromatic carbocycles. The van der Waals surface area contributed by atoms with E-state index in [9.17, 15) is 4.79 Å². The Morgan fingerprint density at radius 2 is 1.62 bits per heavy atom. The highest BCUT2D eigenvalue weighted by atomic mass is 35.5. The molecule has 0 saturated carbocycles. The van der Waals surface area contributed by atoms with Crippen LogP contribution in [0.2, 0.25) is 5.02 Å². The lowest BCUT2D eigenvalue weighted by molar-refractivity contribution is -0.111. The van der Waals surface area contributed by atoms with Crippen molar-refractivity contribution in [1.29, 1.82) is 0 Å². The number of rotatable bonds is 6. The minimum absolute atomic E-state index is 0.249. The summed E-state index contributed by atoms with van der Waals surface area (Å²) >= 11 is 6.09. The van der Waals surface area contributed by atoms with E-state index in [4.69, 9.17) is 16.3 Å². The minimum Gasteiger partial charge on any atom is -0.487 e. The van der Waals surface area contributed by atoms with Crippen LogP contribution in [0.4, 0.5) is 5.69 Å². The maximum absolute atomic E-state index is 12.2. The summed E-state index contributed by atoms with van der Waals surface area (Å²) in [7, 11) is 0. The number of carbonyl (C=O) groups is 1. The van der Waals surface area contributed by atoms with Crippen molar-refractivity contribution in [3.63, 3.8) is 0 Å². The molecular weight excluding hydrogens is 346 g/mol. The predicted octanol–water partition coefficient (Wildman–Crippen LogP) is 5.57. The number of benzene rings is 3. The van der Waals surface area contributed by atoms with Gasteiger partial charge in [0.05, 0.1) is 5.69 Å². The van der Waals surface area contributed by atoms with E-state index in [0.717, 1.165) is 11.1 Å². The third-order valence-electron chi connectivity index (χ3n) is 3.70. The van der Waals surface area contributed by atoms with Gasteiger partial charge in [0.15, 0.2) is 0 Å². The van der Waals surface area contributed by atoms with Crippen molar-refractivity contribution in [1.82, 2.24) is 0 Å². The zero-order chi connectivity index (χ0) is 18.2. The summed E-state index contributed by atoms with van der Waals surface area (Å²) in [5, 5.41) is 3.44. The second-order valence-corrected chi connectivity index (χ2v) is 6.02. The molecule has 4 heteroatoms. The quantitative estimate of drug-likeness (QED) is 0.581. The molecule has 1 amide bonds. The van der Waals surface area contributed by atoms with Crippen molar-refractivity contribution in [2.45, 2.75) is 6.61 Å². The molecule has 0 heterocycles. The van der Waals surface area contributed by atoms with Gasteiger partial charge in [-0.2, -0.15) is 0 Å². The summed E-state index contributed by atoms with van der Waals surface area (Å²) in [4.78, 5) is 12.2. The maximum atomic E-state index is 12.2. The number of nitrogens with one attached hydrogen (secondary N) is 1. The van der Waals surface area contributed by atoms with Crippen LogP contribution in [0.15, 0.2) is 84.9 Å². The van der Waals surface area contributed by atoms with Gasteiger partial charge in [0.25, 0.3) is 0 Å². The van der Waals surface area contributed by atoms with Crippen molar-refractivity contribution in [2.24, 2.45) is 0 Å². The lowest BCUT2D eigenvalue weighted by atomic mass is 10.2. The SMILES string of the molecule is O=C(/C=C/c1ccccc1Cl)Nc1ccccc1OCc1ccccc1. The first-order valence-corrected chi connectivity index (χ1v) is 8.59. The van der Waals surface area contributed by atoms with Gasteiger partial charge in [-0.25, -0.2) is 0 Å². The normalized spacial score (nSPS) is 10.7. The third-order valence-corrected chi connectivity index (χ3v) is 4.05. The first kappa shape index (κ1) is 17.8. The van der Waals surface area contributed by atoms with Crippen molar-refractivity contribution in [3.05, 3.63) is 101 Å². The molecule has 0 aliphatic heterocycles. The molecule has 0 radical (unpaired) electrons. The molecule has 0 spiro atoms. The van der Waals surface area contributed by atoms with Crippen LogP contribution in [-0.4, -0.2) is 5.91 Å². The van der Waals surface area contributed by atoms with Gasteiger partial charge >= 0.3 is 0 Å². The Morgan fingerprint density at radius 3 is 2.42 bits per heavy atom. The first-order valence-electron chi connectivity index (χ1n) is 8.22. The highest BCUT2D eigenvalue weighted by Crippen LogP contribution is 2.25. The lowest BCUT2D eigenvalue weighted by Crippen LogP contribution is -2.09. The van der Waals surface area contributed by atoms with Crippen LogP contribution >= 0.6 is 11.6 Å². The third kappa shape index (κ3) is 4.98. The molecule has 3 nitrogen and oxygen atoms in total. The van der Waals surface area contributed by atoms with Crippen LogP contribution < -0.4 is 10.1 Å². The number of carbonyl (C=O) groups excluding carboxylic acids is 1. The number of anilines is 1. The summed E-state index contributed by atoms with van der Waals surface area (Å²) in [5.74, 6) is 0.372. The lowest BCUT2D eigenvalue weighted by Gasteiger charge is -2.11. The Morgan fingerprint density at radius 1 is 0.923 bits per heavy atom. The molecular formula is C22H18ClNO2. The molecule has 130 valence electrons. The molecule has 0 unspecified atom stereocenters. The van der Waals surface area contributed by atoms with Gasteiger partial charge in [-0.1, -0.05) is 72.3 Å². The van der Waals surface area contributed by atoms with Gasteiger partial charge in [-0.15, -0.1) is 0 Å². The zero-order valence-corrected chi connectivity index (χ0v) is 14.8. The van der Waals surface area contributed by atoms with Crippen molar-refractivity contribution in [2.75, 3.05) is 5.32 Å². The van der Waals surface area contributed by atoms with E-state index in [1.54, 1.807) is 12.1 Å². The van der Waals surface area contributed by atoms with E-state index in [1.165, 1.54) is 6.08 Å². The van der Waals surface area contributed by atoms with E-state index in [-0.39, 0.29) is 5.91 Å². The van der Waals surface area contributed by atoms with Crippen LogP contribution in [0.25, 0.3) is 6.08 Å². The summed E-state index contributed by atoms with van der Waals surface area (Å²) in [6.45, 7) is 0.434. The molecule has 0 aromatic heterocycles. The predicted molar refractivity (Wildman–Crippen MR) is 106 cm³/mol. The van der Waals surface area contributed by atoms with Crippen LogP contribution in [0.5, 0.6) is 5.75 Å². The van der Waals surface area contributed by atoms with Gasteiger partial charge in [0.2, 0.25) is 5.91 Å². The molecule has 26 heavy (non-hydrogen) atoms. The number of para-hydroxylation sites is 2. The van der Waals surface area contributed by atoms with Gasteiger partial charge in [0.1, 0.15) is 12.4 Å². The molecule has 1 N–H and O–H groups in total. The number of halogens is 1. The smallest absolute Gasteiger partial charge is 0.248 e. The minimum atomic E-state index is -0.249. The fourth-order valence-corrected chi connectivity index (χ4v) is 2.58. The average Bonchev–Trinajstić information content (AvgIpc) is 2.67. The van der Waals surface area contributed by atoms with Gasteiger partial charge in [-0.05, 0) is 35.4 Å². The number of ether oxygens (including phenoxy) is 1. The van der Waals surface area contributed by atoms with E-state index < -0.39 is 0 Å². The molecule has 0 saturated heterocycles. The zero-order valence-electron chi connectivity index (χ0n) is 14.1. The standard InChI is InChI=1S/C22H18ClNO2/c23-19-11-5-4-10-18(19)14-15-22(25)24-20-12-6-7-13-21(20)26-16-17-8-2-1-3-9-17/h1-15H,16H2,(H,24,25)/b15-14+. The summed E-state index contributed by atoms with van der Waals surface area (Å²) in [6.07, 6.45) is 3.14. The van der Waals surface area contributed by atoms with E-state index >= 15 is 0 Å². The Kier molecular flexibility index (Phi) is 6.07. The molecule has 3 aromatic rings. The van der Waals surface area contributed by atoms with E-state index in [0.29, 0.717) is 23.1 Å². The van der Waals surface area contributed by atoms with E-state index in [1.807, 2.05) is 72.8 Å². The second-order valence-electron chi connectivity index (χ2n) is 5.61. The molecule has 0 bridgehead atoms. The van der Waals surface area contributed by atoms with Crippen LogP contribution in [0.1, 0.15) is 11.1 Å². The maximum Gasteiger partial charge on any atom is 0.248 e. The largest absolute Gasteiger partial charge is 0.487 e.